The van der Waals surface area contributed by atoms with E-state index in [0.717, 1.165) is 45.8 Å². The minimum Gasteiger partial charge on any atom is -0.298 e. The van der Waals surface area contributed by atoms with Gasteiger partial charge in [0.2, 0.25) is 0 Å². The summed E-state index contributed by atoms with van der Waals surface area (Å²) in [6.45, 7) is 0. The van der Waals surface area contributed by atoms with Crippen LogP contribution in [0, 0.1) is 5.92 Å². The number of hydrogen-bond donors (Lipinski definition) is 0. The van der Waals surface area contributed by atoms with Gasteiger partial charge in [-0.1, -0.05) is 91.0 Å². The molecule has 0 spiro atoms. The second-order valence-corrected chi connectivity index (χ2v) is 11.2. The van der Waals surface area contributed by atoms with Crippen molar-refractivity contribution in [2.75, 3.05) is 0 Å². The summed E-state index contributed by atoms with van der Waals surface area (Å²) >= 11 is 0. The molecule has 7 aromatic rings. The average molecular weight is 583 g/mol. The molecule has 6 heteroatoms. The van der Waals surface area contributed by atoms with Crippen molar-refractivity contribution in [3.63, 3.8) is 0 Å². The predicted molar refractivity (Wildman–Crippen MR) is 178 cm³/mol. The van der Waals surface area contributed by atoms with Crippen molar-refractivity contribution in [3.05, 3.63) is 176 Å². The van der Waals surface area contributed by atoms with Crippen molar-refractivity contribution in [3.8, 4) is 33.8 Å². The van der Waals surface area contributed by atoms with Crippen LogP contribution >= 0.6 is 0 Å². The first-order chi connectivity index (χ1) is 22.3. The van der Waals surface area contributed by atoms with Gasteiger partial charge < -0.3 is 0 Å². The molecular formula is C39H30N6. The van der Waals surface area contributed by atoms with E-state index in [4.69, 9.17) is 5.10 Å². The standard InChI is InChI=1S/C39H30N6/c1-4-14-31(15-5-1)39(32-16-6-2-7-17-32,33-18-8-3-9-19-33)45-28-34(38(43-45)29-13-12-23-40-25-29)30-21-22-37-42-26-36(44(37)27-30)35-20-10-11-24-41-35/h1-18,20-28,33H,19H2. The molecule has 5 heterocycles. The summed E-state index contributed by atoms with van der Waals surface area (Å²) in [5.74, 6) is 0.119. The Morgan fingerprint density at radius 1 is 0.667 bits per heavy atom. The molecule has 2 aromatic carbocycles. The van der Waals surface area contributed by atoms with Crippen LogP contribution in [0.25, 0.3) is 39.4 Å². The molecule has 0 amide bonds. The molecule has 5 aromatic heterocycles. The lowest BCUT2D eigenvalue weighted by Crippen LogP contribution is -2.43. The van der Waals surface area contributed by atoms with Gasteiger partial charge in [0.25, 0.3) is 0 Å². The van der Waals surface area contributed by atoms with Gasteiger partial charge in [0.05, 0.1) is 17.6 Å². The monoisotopic (exact) mass is 582 g/mol. The number of nitrogens with zero attached hydrogens (tertiary/aromatic N) is 6. The number of fused-ring (bicyclic) bond motifs is 1. The van der Waals surface area contributed by atoms with Crippen LogP contribution in [0.1, 0.15) is 17.5 Å². The van der Waals surface area contributed by atoms with Gasteiger partial charge >= 0.3 is 0 Å². The third-order valence-corrected chi connectivity index (χ3v) is 8.70. The van der Waals surface area contributed by atoms with Gasteiger partial charge in [-0.05, 0) is 53.9 Å². The fraction of sp³-hybridized carbons (Fsp3) is 0.0769. The smallest absolute Gasteiger partial charge is 0.137 e. The molecule has 0 N–H and O–H groups in total. The Labute approximate surface area is 261 Å². The molecule has 0 aliphatic heterocycles. The Kier molecular flexibility index (Phi) is 6.72. The molecule has 0 bridgehead atoms. The summed E-state index contributed by atoms with van der Waals surface area (Å²) in [6, 6.07) is 35.7. The van der Waals surface area contributed by atoms with Crippen LogP contribution in [0.15, 0.2) is 165 Å². The van der Waals surface area contributed by atoms with Crippen molar-refractivity contribution >= 4 is 5.65 Å². The minimum atomic E-state index is -0.614. The first-order valence-corrected chi connectivity index (χ1v) is 15.2. The zero-order valence-electron chi connectivity index (χ0n) is 24.6. The molecule has 6 nitrogen and oxygen atoms in total. The van der Waals surface area contributed by atoms with Gasteiger partial charge in [-0.25, -0.2) is 4.98 Å². The van der Waals surface area contributed by atoms with E-state index in [1.807, 2.05) is 42.9 Å². The van der Waals surface area contributed by atoms with Gasteiger partial charge in [0.15, 0.2) is 0 Å². The van der Waals surface area contributed by atoms with Crippen molar-refractivity contribution in [2.24, 2.45) is 5.92 Å². The molecule has 1 aliphatic carbocycles. The lowest BCUT2D eigenvalue weighted by molar-refractivity contribution is 0.293. The van der Waals surface area contributed by atoms with Crippen LogP contribution in [0.4, 0.5) is 0 Å². The molecular weight excluding hydrogens is 552 g/mol. The summed E-state index contributed by atoms with van der Waals surface area (Å²) in [6.07, 6.45) is 21.5. The molecule has 1 unspecified atom stereocenters. The lowest BCUT2D eigenvalue weighted by Gasteiger charge is -2.41. The summed E-state index contributed by atoms with van der Waals surface area (Å²) in [5, 5.41) is 5.49. The number of rotatable bonds is 7. The topological polar surface area (TPSA) is 60.9 Å². The molecule has 0 fully saturated rings. The Bertz CT molecular complexity index is 2090. The number of hydrogen-bond acceptors (Lipinski definition) is 4. The van der Waals surface area contributed by atoms with Crippen molar-refractivity contribution in [2.45, 2.75) is 12.0 Å². The molecule has 1 aliphatic rings. The fourth-order valence-corrected chi connectivity index (χ4v) is 6.63. The summed E-state index contributed by atoms with van der Waals surface area (Å²) in [4.78, 5) is 13.7. The number of imidazole rings is 1. The van der Waals surface area contributed by atoms with E-state index in [0.29, 0.717) is 0 Å². The Hall–Kier alpha value is -5.88. The zero-order chi connectivity index (χ0) is 30.1. The molecule has 0 saturated heterocycles. The highest BCUT2D eigenvalue weighted by Gasteiger charge is 2.44. The second kappa shape index (κ2) is 11.3. The SMILES string of the molecule is C1=CCC(C(c2ccccc2)(c2ccccc2)n2cc(-c3ccc4ncc(-c5ccccn5)n4c3)c(-c3cccnc3)n2)C=C1. The van der Waals surface area contributed by atoms with Crippen molar-refractivity contribution in [1.29, 1.82) is 0 Å². The summed E-state index contributed by atoms with van der Waals surface area (Å²) < 4.78 is 4.31. The number of benzene rings is 2. The summed E-state index contributed by atoms with van der Waals surface area (Å²) in [5.41, 5.74) is 8.26. The minimum absolute atomic E-state index is 0.119. The van der Waals surface area contributed by atoms with E-state index in [9.17, 15) is 0 Å². The third kappa shape index (κ3) is 4.59. The number of pyridine rings is 3. The molecule has 1 atom stereocenters. The van der Waals surface area contributed by atoms with Crippen molar-refractivity contribution in [1.82, 2.24) is 29.1 Å². The maximum absolute atomic E-state index is 5.49. The van der Waals surface area contributed by atoms with E-state index in [-0.39, 0.29) is 5.92 Å². The largest absolute Gasteiger partial charge is 0.298 e. The molecule has 8 rings (SSSR count). The number of aromatic nitrogens is 6. The fourth-order valence-electron chi connectivity index (χ4n) is 6.63. The zero-order valence-corrected chi connectivity index (χ0v) is 24.6. The van der Waals surface area contributed by atoms with E-state index < -0.39 is 5.54 Å². The van der Waals surface area contributed by atoms with E-state index >= 15 is 0 Å². The van der Waals surface area contributed by atoms with Gasteiger partial charge in [-0.3, -0.25) is 19.1 Å². The highest BCUT2D eigenvalue weighted by molar-refractivity contribution is 5.81. The van der Waals surface area contributed by atoms with Crippen LogP contribution < -0.4 is 0 Å². The Morgan fingerprint density at radius 3 is 2.16 bits per heavy atom. The Balaban J connectivity index is 1.41. The van der Waals surface area contributed by atoms with Crippen LogP contribution in [0.3, 0.4) is 0 Å². The van der Waals surface area contributed by atoms with E-state index in [1.165, 1.54) is 11.1 Å². The average Bonchev–Trinajstić information content (AvgIpc) is 3.76. The van der Waals surface area contributed by atoms with Gasteiger partial charge in [0.1, 0.15) is 16.9 Å². The highest BCUT2D eigenvalue weighted by Crippen LogP contribution is 2.46. The normalized spacial score (nSPS) is 14.6. The maximum Gasteiger partial charge on any atom is 0.137 e. The lowest BCUT2D eigenvalue weighted by atomic mass is 9.70. The van der Waals surface area contributed by atoms with E-state index in [1.54, 1.807) is 6.20 Å². The van der Waals surface area contributed by atoms with Gasteiger partial charge in [-0.15, -0.1) is 0 Å². The number of allylic oxidation sites excluding steroid dienone is 4. The predicted octanol–water partition coefficient (Wildman–Crippen LogP) is 8.25. The molecule has 45 heavy (non-hydrogen) atoms. The quantitative estimate of drug-likeness (QED) is 0.190. The maximum atomic E-state index is 5.49. The van der Waals surface area contributed by atoms with Crippen molar-refractivity contribution < 1.29 is 0 Å². The first kappa shape index (κ1) is 26.7. The van der Waals surface area contributed by atoms with E-state index in [2.05, 4.69) is 140 Å². The van der Waals surface area contributed by atoms with Crippen LogP contribution in [-0.4, -0.2) is 29.1 Å². The molecule has 0 radical (unpaired) electrons. The Morgan fingerprint density at radius 2 is 1.47 bits per heavy atom. The van der Waals surface area contributed by atoms with Gasteiger partial charge in [-0.2, -0.15) is 5.10 Å². The first-order valence-electron chi connectivity index (χ1n) is 15.2. The van der Waals surface area contributed by atoms with Gasteiger partial charge in [0, 0.05) is 53.6 Å². The van der Waals surface area contributed by atoms with Crippen LogP contribution in [-0.2, 0) is 5.54 Å². The molecule has 216 valence electrons. The van der Waals surface area contributed by atoms with Crippen LogP contribution in [0.5, 0.6) is 0 Å². The third-order valence-electron chi connectivity index (χ3n) is 8.70. The second-order valence-electron chi connectivity index (χ2n) is 11.2. The molecule has 0 saturated carbocycles. The highest BCUT2D eigenvalue weighted by atomic mass is 15.3. The summed E-state index contributed by atoms with van der Waals surface area (Å²) in [7, 11) is 0. The van der Waals surface area contributed by atoms with Crippen LogP contribution in [0.2, 0.25) is 0 Å².